The summed E-state index contributed by atoms with van der Waals surface area (Å²) in [4.78, 5) is 30.4. The lowest BCUT2D eigenvalue weighted by molar-refractivity contribution is -0.121. The summed E-state index contributed by atoms with van der Waals surface area (Å²) in [5.41, 5.74) is 0. The number of rotatable bonds is 3. The minimum Gasteiger partial charge on any atom is -0.335 e. The van der Waals surface area contributed by atoms with Crippen molar-refractivity contribution in [1.82, 2.24) is 15.2 Å². The molecule has 2 N–H and O–H groups in total. The van der Waals surface area contributed by atoms with Gasteiger partial charge in [-0.1, -0.05) is 19.3 Å². The SMILES string of the molecule is O=C(Nc1nccs1)C1CCN(C(=O)NC2CCCCC2)CC1. The highest BCUT2D eigenvalue weighted by atomic mass is 32.1. The second-order valence-electron chi connectivity index (χ2n) is 6.37. The second kappa shape index (κ2) is 7.77. The third kappa shape index (κ3) is 4.43. The molecule has 1 aliphatic heterocycles. The summed E-state index contributed by atoms with van der Waals surface area (Å²) >= 11 is 1.42. The van der Waals surface area contributed by atoms with Gasteiger partial charge in [-0.3, -0.25) is 4.79 Å². The Hall–Kier alpha value is -1.63. The van der Waals surface area contributed by atoms with E-state index in [0.29, 0.717) is 24.3 Å². The van der Waals surface area contributed by atoms with E-state index in [4.69, 9.17) is 0 Å². The van der Waals surface area contributed by atoms with Crippen LogP contribution >= 0.6 is 11.3 Å². The molecule has 1 saturated heterocycles. The Morgan fingerprint density at radius 3 is 2.52 bits per heavy atom. The van der Waals surface area contributed by atoms with Gasteiger partial charge in [-0.2, -0.15) is 0 Å². The van der Waals surface area contributed by atoms with E-state index >= 15 is 0 Å². The summed E-state index contributed by atoms with van der Waals surface area (Å²) in [5, 5.41) is 8.48. The molecule has 2 heterocycles. The minimum absolute atomic E-state index is 0.0206. The number of nitrogens with zero attached hydrogens (tertiary/aromatic N) is 2. The van der Waals surface area contributed by atoms with Gasteiger partial charge in [0.15, 0.2) is 5.13 Å². The van der Waals surface area contributed by atoms with Gasteiger partial charge in [-0.15, -0.1) is 11.3 Å². The summed E-state index contributed by atoms with van der Waals surface area (Å²) in [6.07, 6.45) is 9.01. The van der Waals surface area contributed by atoms with E-state index in [9.17, 15) is 9.59 Å². The van der Waals surface area contributed by atoms with Gasteiger partial charge in [0.1, 0.15) is 0 Å². The van der Waals surface area contributed by atoms with E-state index in [2.05, 4.69) is 15.6 Å². The maximum atomic E-state index is 12.3. The molecule has 3 rings (SSSR count). The van der Waals surface area contributed by atoms with Crippen LogP contribution in [0.1, 0.15) is 44.9 Å². The molecule has 1 aliphatic carbocycles. The van der Waals surface area contributed by atoms with Crippen LogP contribution in [0.15, 0.2) is 11.6 Å². The summed E-state index contributed by atoms with van der Waals surface area (Å²) < 4.78 is 0. The zero-order valence-electron chi connectivity index (χ0n) is 13.3. The fourth-order valence-corrected chi connectivity index (χ4v) is 3.88. The van der Waals surface area contributed by atoms with Crippen molar-refractivity contribution in [3.63, 3.8) is 0 Å². The number of nitrogens with one attached hydrogen (secondary N) is 2. The van der Waals surface area contributed by atoms with Crippen LogP contribution < -0.4 is 10.6 Å². The monoisotopic (exact) mass is 336 g/mol. The van der Waals surface area contributed by atoms with Crippen LogP contribution in [0.2, 0.25) is 0 Å². The van der Waals surface area contributed by atoms with E-state index in [-0.39, 0.29) is 17.9 Å². The normalized spacial score (nSPS) is 20.3. The van der Waals surface area contributed by atoms with Crippen molar-refractivity contribution < 1.29 is 9.59 Å². The Kier molecular flexibility index (Phi) is 5.48. The molecular formula is C16H24N4O2S. The Morgan fingerprint density at radius 2 is 1.87 bits per heavy atom. The number of piperidine rings is 1. The second-order valence-corrected chi connectivity index (χ2v) is 7.27. The number of hydrogen-bond donors (Lipinski definition) is 2. The van der Waals surface area contributed by atoms with E-state index in [1.165, 1.54) is 30.6 Å². The van der Waals surface area contributed by atoms with Gasteiger partial charge in [0.05, 0.1) is 0 Å². The zero-order valence-corrected chi connectivity index (χ0v) is 14.1. The quantitative estimate of drug-likeness (QED) is 0.891. The number of amides is 3. The van der Waals surface area contributed by atoms with E-state index in [1.54, 1.807) is 6.20 Å². The highest BCUT2D eigenvalue weighted by molar-refractivity contribution is 7.13. The molecule has 0 unspecified atom stereocenters. The molecule has 2 fully saturated rings. The van der Waals surface area contributed by atoms with E-state index < -0.39 is 0 Å². The maximum absolute atomic E-state index is 12.3. The molecule has 1 aromatic rings. The number of aromatic nitrogens is 1. The first-order valence-corrected chi connectivity index (χ1v) is 9.36. The van der Waals surface area contributed by atoms with Crippen LogP contribution in [-0.4, -0.2) is 41.0 Å². The molecule has 6 nitrogen and oxygen atoms in total. The molecule has 3 amide bonds. The Bertz CT molecular complexity index is 520. The average molecular weight is 336 g/mol. The first-order chi connectivity index (χ1) is 11.2. The molecule has 0 radical (unpaired) electrons. The molecule has 0 spiro atoms. The largest absolute Gasteiger partial charge is 0.335 e. The number of carbonyl (C=O) groups is 2. The molecular weight excluding hydrogens is 312 g/mol. The molecule has 23 heavy (non-hydrogen) atoms. The summed E-state index contributed by atoms with van der Waals surface area (Å²) in [6.45, 7) is 1.29. The number of likely N-dealkylation sites (tertiary alicyclic amines) is 1. The van der Waals surface area contributed by atoms with Crippen molar-refractivity contribution >= 4 is 28.4 Å². The van der Waals surface area contributed by atoms with Gasteiger partial charge in [0.25, 0.3) is 0 Å². The van der Waals surface area contributed by atoms with Crippen LogP contribution in [0, 0.1) is 5.92 Å². The number of carbonyl (C=O) groups excluding carboxylic acids is 2. The van der Waals surface area contributed by atoms with E-state index in [0.717, 1.165) is 25.7 Å². The minimum atomic E-state index is -0.0300. The van der Waals surface area contributed by atoms with Gasteiger partial charge in [-0.05, 0) is 25.7 Å². The lowest BCUT2D eigenvalue weighted by Gasteiger charge is -2.33. The maximum Gasteiger partial charge on any atom is 0.317 e. The summed E-state index contributed by atoms with van der Waals surface area (Å²) in [7, 11) is 0. The van der Waals surface area contributed by atoms with Gasteiger partial charge >= 0.3 is 6.03 Å². The number of hydrogen-bond acceptors (Lipinski definition) is 4. The highest BCUT2D eigenvalue weighted by Crippen LogP contribution is 2.21. The predicted molar refractivity (Wildman–Crippen MR) is 90.4 cm³/mol. The molecule has 0 atom stereocenters. The van der Waals surface area contributed by atoms with Crippen molar-refractivity contribution in [3.8, 4) is 0 Å². The molecule has 126 valence electrons. The van der Waals surface area contributed by atoms with Crippen LogP contribution in [0.5, 0.6) is 0 Å². The third-order valence-corrected chi connectivity index (χ3v) is 5.44. The van der Waals surface area contributed by atoms with Crippen molar-refractivity contribution in [2.24, 2.45) is 5.92 Å². The van der Waals surface area contributed by atoms with Crippen LogP contribution in [0.25, 0.3) is 0 Å². The zero-order chi connectivity index (χ0) is 16.1. The number of anilines is 1. The molecule has 0 aromatic carbocycles. The Labute approximate surface area is 140 Å². The smallest absolute Gasteiger partial charge is 0.317 e. The number of thiazole rings is 1. The fourth-order valence-electron chi connectivity index (χ4n) is 3.35. The summed E-state index contributed by atoms with van der Waals surface area (Å²) in [6, 6.07) is 0.373. The van der Waals surface area contributed by atoms with Crippen molar-refractivity contribution in [1.29, 1.82) is 0 Å². The topological polar surface area (TPSA) is 74.3 Å². The third-order valence-electron chi connectivity index (χ3n) is 4.75. The fraction of sp³-hybridized carbons (Fsp3) is 0.688. The van der Waals surface area contributed by atoms with E-state index in [1.807, 2.05) is 10.3 Å². The van der Waals surface area contributed by atoms with Crippen molar-refractivity contribution in [2.75, 3.05) is 18.4 Å². The first-order valence-electron chi connectivity index (χ1n) is 8.48. The molecule has 1 aromatic heterocycles. The number of urea groups is 1. The Balaban J connectivity index is 1.42. The van der Waals surface area contributed by atoms with Crippen molar-refractivity contribution in [2.45, 2.75) is 51.0 Å². The standard InChI is InChI=1S/C16H24N4O2S/c21-14(19-15-17-8-11-23-15)12-6-9-20(10-7-12)16(22)18-13-4-2-1-3-5-13/h8,11-13H,1-7,9-10H2,(H,18,22)(H,17,19,21). The first kappa shape index (κ1) is 16.2. The highest BCUT2D eigenvalue weighted by Gasteiger charge is 2.28. The van der Waals surface area contributed by atoms with Gasteiger partial charge in [0, 0.05) is 36.6 Å². The molecule has 1 saturated carbocycles. The van der Waals surface area contributed by atoms with Gasteiger partial charge < -0.3 is 15.5 Å². The molecule has 7 heteroatoms. The lowest BCUT2D eigenvalue weighted by atomic mass is 9.95. The summed E-state index contributed by atoms with van der Waals surface area (Å²) in [5.74, 6) is -0.00933. The molecule has 2 aliphatic rings. The van der Waals surface area contributed by atoms with Gasteiger partial charge in [-0.25, -0.2) is 9.78 Å². The Morgan fingerprint density at radius 1 is 1.13 bits per heavy atom. The predicted octanol–water partition coefficient (Wildman–Crippen LogP) is 2.84. The molecule has 0 bridgehead atoms. The van der Waals surface area contributed by atoms with Crippen LogP contribution in [-0.2, 0) is 4.79 Å². The van der Waals surface area contributed by atoms with Crippen molar-refractivity contribution in [3.05, 3.63) is 11.6 Å². The van der Waals surface area contributed by atoms with Gasteiger partial charge in [0.2, 0.25) is 5.91 Å². The average Bonchev–Trinajstić information content (AvgIpc) is 3.09. The van der Waals surface area contributed by atoms with Crippen LogP contribution in [0.4, 0.5) is 9.93 Å². The lowest BCUT2D eigenvalue weighted by Crippen LogP contribution is -2.49. The van der Waals surface area contributed by atoms with Crippen LogP contribution in [0.3, 0.4) is 0 Å².